The zero-order valence-corrected chi connectivity index (χ0v) is 30.5. The Morgan fingerprint density at radius 2 is 0.796 bits per heavy atom. The highest BCUT2D eigenvalue weighted by molar-refractivity contribution is 5.88. The summed E-state index contributed by atoms with van der Waals surface area (Å²) in [4.78, 5) is 21.3. The zero-order valence-electron chi connectivity index (χ0n) is 30.5. The number of hydrogen-bond acceptors (Lipinski definition) is 4. The molecule has 8 aromatic rings. The van der Waals surface area contributed by atoms with Crippen LogP contribution in [-0.2, 0) is 0 Å². The van der Waals surface area contributed by atoms with Crippen molar-refractivity contribution in [2.24, 2.45) is 0 Å². The predicted octanol–water partition coefficient (Wildman–Crippen LogP) is 13.1. The van der Waals surface area contributed by atoms with E-state index in [-0.39, 0.29) is 0 Å². The quantitative estimate of drug-likeness (QED) is 0.143. The molecule has 0 fully saturated rings. The van der Waals surface area contributed by atoms with Crippen LogP contribution in [0, 0.1) is 0 Å². The van der Waals surface area contributed by atoms with Crippen molar-refractivity contribution in [3.63, 3.8) is 0 Å². The monoisotopic (exact) mass is 696 g/mol. The van der Waals surface area contributed by atoms with Gasteiger partial charge in [-0.15, -0.1) is 0 Å². The van der Waals surface area contributed by atoms with Gasteiger partial charge >= 0.3 is 0 Å². The van der Waals surface area contributed by atoms with Gasteiger partial charge < -0.3 is 0 Å². The molecule has 0 aliphatic carbocycles. The van der Waals surface area contributed by atoms with Crippen LogP contribution in [0.2, 0.25) is 0 Å². The minimum absolute atomic E-state index is 0.648. The van der Waals surface area contributed by atoms with Crippen LogP contribution < -0.4 is 0 Å². The highest BCUT2D eigenvalue weighted by Gasteiger charge is 2.20. The van der Waals surface area contributed by atoms with Crippen LogP contribution in [0.4, 0.5) is 0 Å². The third-order valence-electron chi connectivity index (χ3n) is 9.61. The number of hydrogen-bond donors (Lipinski definition) is 0. The molecular formula is C50H40N4. The van der Waals surface area contributed by atoms with E-state index in [0.717, 1.165) is 85.9 Å². The van der Waals surface area contributed by atoms with Crippen LogP contribution in [-0.4, -0.2) is 19.9 Å². The van der Waals surface area contributed by atoms with Gasteiger partial charge in [0.15, 0.2) is 5.82 Å². The Labute approximate surface area is 317 Å². The van der Waals surface area contributed by atoms with Crippen molar-refractivity contribution in [2.75, 3.05) is 0 Å². The van der Waals surface area contributed by atoms with Gasteiger partial charge in [0.25, 0.3) is 0 Å². The van der Waals surface area contributed by atoms with E-state index >= 15 is 0 Å². The van der Waals surface area contributed by atoms with Gasteiger partial charge in [-0.25, -0.2) is 19.9 Å². The smallest absolute Gasteiger partial charge is 0.160 e. The second-order valence-electron chi connectivity index (χ2n) is 13.2. The van der Waals surface area contributed by atoms with E-state index in [1.54, 1.807) is 0 Å². The van der Waals surface area contributed by atoms with Gasteiger partial charge in [-0.1, -0.05) is 184 Å². The number of rotatable bonds is 10. The van der Waals surface area contributed by atoms with Crippen molar-refractivity contribution >= 4 is 5.57 Å². The summed E-state index contributed by atoms with van der Waals surface area (Å²) in [6.45, 7) is 4.40. The fraction of sp³-hybridized carbons (Fsp3) is 0.0800. The Hall–Kier alpha value is -6.78. The normalized spacial score (nSPS) is 11.4. The van der Waals surface area contributed by atoms with E-state index in [1.165, 1.54) is 11.1 Å². The lowest BCUT2D eigenvalue weighted by Crippen LogP contribution is -2.01. The van der Waals surface area contributed by atoms with Crippen molar-refractivity contribution in [1.29, 1.82) is 0 Å². The van der Waals surface area contributed by atoms with Gasteiger partial charge in [-0.2, -0.15) is 0 Å². The Kier molecular flexibility index (Phi) is 10.1. The summed E-state index contributed by atoms with van der Waals surface area (Å²) in [5.74, 6) is 0.648. The second-order valence-corrected chi connectivity index (χ2v) is 13.2. The molecule has 0 aliphatic rings. The Balaban J connectivity index is 1.33. The Morgan fingerprint density at radius 3 is 1.26 bits per heavy atom. The lowest BCUT2D eigenvalue weighted by atomic mass is 9.96. The average Bonchev–Trinajstić information content (AvgIpc) is 3.26. The molecule has 0 unspecified atom stereocenters. The molecule has 2 heterocycles. The molecule has 6 aromatic carbocycles. The standard InChI is InChI=1S/C50H40N4/c1-3-18-35(4-2)36-29-31-41(32-30-36)48-46(39-23-13-7-14-24-39)53-47(40-25-15-8-16-26-40)49(54-48)42-27-17-28-43(33-42)50-51-44(37-19-9-5-10-20-37)34-45(52-50)38-21-11-6-12-22-38/h5-34H,3-4H2,1-2H3/b35-18+. The maximum absolute atomic E-state index is 5.54. The third kappa shape index (κ3) is 7.28. The van der Waals surface area contributed by atoms with Gasteiger partial charge in [0.2, 0.25) is 0 Å². The second kappa shape index (κ2) is 15.9. The van der Waals surface area contributed by atoms with E-state index < -0.39 is 0 Å². The summed E-state index contributed by atoms with van der Waals surface area (Å²) in [5.41, 5.74) is 14.5. The summed E-state index contributed by atoms with van der Waals surface area (Å²) in [5, 5.41) is 0. The molecule has 4 heteroatoms. The fourth-order valence-electron chi connectivity index (χ4n) is 6.88. The average molecular weight is 697 g/mol. The molecule has 260 valence electrons. The Morgan fingerprint density at radius 1 is 0.389 bits per heavy atom. The van der Waals surface area contributed by atoms with Crippen molar-refractivity contribution < 1.29 is 0 Å². The number of aromatic nitrogens is 4. The largest absolute Gasteiger partial charge is 0.243 e. The molecule has 8 rings (SSSR count). The molecule has 0 saturated heterocycles. The molecule has 0 spiro atoms. The van der Waals surface area contributed by atoms with Gasteiger partial charge in [0, 0.05) is 38.9 Å². The Bertz CT molecular complexity index is 2470. The first-order valence-corrected chi connectivity index (χ1v) is 18.6. The van der Waals surface area contributed by atoms with Crippen molar-refractivity contribution in [1.82, 2.24) is 19.9 Å². The van der Waals surface area contributed by atoms with E-state index in [1.807, 2.05) is 48.5 Å². The topological polar surface area (TPSA) is 51.6 Å². The lowest BCUT2D eigenvalue weighted by molar-refractivity contribution is 1.17. The zero-order chi connectivity index (χ0) is 36.7. The molecule has 2 aromatic heterocycles. The summed E-state index contributed by atoms with van der Waals surface area (Å²) in [7, 11) is 0. The molecule has 0 radical (unpaired) electrons. The highest BCUT2D eigenvalue weighted by atomic mass is 14.9. The summed E-state index contributed by atoms with van der Waals surface area (Å²) < 4.78 is 0. The summed E-state index contributed by atoms with van der Waals surface area (Å²) in [6, 6.07) is 60.5. The molecule has 0 atom stereocenters. The SMILES string of the molecule is CC/C=C(\CC)c1ccc(-c2nc(-c3cccc(-c4nc(-c5ccccc5)cc(-c5ccccc5)n4)c3)c(-c3ccccc3)nc2-c2ccccc2)cc1. The molecule has 0 bridgehead atoms. The van der Waals surface area contributed by atoms with Crippen molar-refractivity contribution in [3.05, 3.63) is 188 Å². The van der Waals surface area contributed by atoms with Crippen LogP contribution >= 0.6 is 0 Å². The van der Waals surface area contributed by atoms with E-state index in [2.05, 4.69) is 147 Å². The molecular weight excluding hydrogens is 657 g/mol. The molecule has 54 heavy (non-hydrogen) atoms. The van der Waals surface area contributed by atoms with Crippen LogP contribution in [0.15, 0.2) is 182 Å². The van der Waals surface area contributed by atoms with Crippen LogP contribution in [0.1, 0.15) is 32.3 Å². The number of benzene rings is 6. The minimum atomic E-state index is 0.648. The first-order valence-electron chi connectivity index (χ1n) is 18.6. The van der Waals surface area contributed by atoms with Gasteiger partial charge in [-0.3, -0.25) is 0 Å². The highest BCUT2D eigenvalue weighted by Crippen LogP contribution is 2.39. The van der Waals surface area contributed by atoms with Crippen LogP contribution in [0.3, 0.4) is 0 Å². The number of allylic oxidation sites excluding steroid dienone is 2. The van der Waals surface area contributed by atoms with Crippen LogP contribution in [0.25, 0.3) is 84.5 Å². The fourth-order valence-corrected chi connectivity index (χ4v) is 6.88. The van der Waals surface area contributed by atoms with E-state index in [4.69, 9.17) is 19.9 Å². The van der Waals surface area contributed by atoms with Crippen LogP contribution in [0.5, 0.6) is 0 Å². The maximum Gasteiger partial charge on any atom is 0.160 e. The van der Waals surface area contributed by atoms with E-state index in [9.17, 15) is 0 Å². The third-order valence-corrected chi connectivity index (χ3v) is 9.61. The summed E-state index contributed by atoms with van der Waals surface area (Å²) >= 11 is 0. The van der Waals surface area contributed by atoms with Crippen molar-refractivity contribution in [3.8, 4) is 78.9 Å². The first kappa shape index (κ1) is 34.3. The van der Waals surface area contributed by atoms with Gasteiger partial charge in [0.05, 0.1) is 34.2 Å². The molecule has 0 amide bonds. The number of nitrogens with zero attached hydrogens (tertiary/aromatic N) is 4. The molecule has 4 nitrogen and oxygen atoms in total. The van der Waals surface area contributed by atoms with Gasteiger partial charge in [0.1, 0.15) is 0 Å². The minimum Gasteiger partial charge on any atom is -0.243 e. The van der Waals surface area contributed by atoms with Crippen molar-refractivity contribution in [2.45, 2.75) is 26.7 Å². The lowest BCUT2D eigenvalue weighted by Gasteiger charge is -2.17. The molecule has 0 aliphatic heterocycles. The predicted molar refractivity (Wildman–Crippen MR) is 224 cm³/mol. The summed E-state index contributed by atoms with van der Waals surface area (Å²) in [6.07, 6.45) is 4.30. The molecule has 0 saturated carbocycles. The molecule has 0 N–H and O–H groups in total. The first-order chi connectivity index (χ1) is 26.7. The van der Waals surface area contributed by atoms with Gasteiger partial charge in [-0.05, 0) is 36.1 Å². The van der Waals surface area contributed by atoms with E-state index in [0.29, 0.717) is 5.82 Å². The maximum atomic E-state index is 5.54.